The van der Waals surface area contributed by atoms with Crippen molar-refractivity contribution in [3.05, 3.63) is 34.3 Å². The number of rotatable bonds is 3. The maximum atomic E-state index is 12.7. The molecule has 0 aliphatic carbocycles. The predicted molar refractivity (Wildman–Crippen MR) is 96.9 cm³/mol. The molecular weight excluding hydrogens is 372 g/mol. The third-order valence-corrected chi connectivity index (χ3v) is 5.36. The molecule has 0 N–H and O–H groups in total. The van der Waals surface area contributed by atoms with Crippen LogP contribution < -0.4 is 0 Å². The fourth-order valence-electron chi connectivity index (χ4n) is 3.34. The van der Waals surface area contributed by atoms with E-state index in [4.69, 9.17) is 4.74 Å². The Morgan fingerprint density at radius 1 is 1.25 bits per heavy atom. The molecular formula is C18H25BrN2O3. The molecule has 1 saturated heterocycles. The molecule has 1 heterocycles. The third-order valence-electron chi connectivity index (χ3n) is 4.83. The summed E-state index contributed by atoms with van der Waals surface area (Å²) in [6.07, 6.45) is 1.04. The number of hydrogen-bond donors (Lipinski definition) is 0. The van der Waals surface area contributed by atoms with Gasteiger partial charge in [-0.3, -0.25) is 9.59 Å². The smallest absolute Gasteiger partial charge is 0.253 e. The minimum Gasteiger partial charge on any atom is -0.380 e. The van der Waals surface area contributed by atoms with E-state index in [-0.39, 0.29) is 17.9 Å². The molecule has 5 nitrogen and oxygen atoms in total. The van der Waals surface area contributed by atoms with Gasteiger partial charge in [0.1, 0.15) is 0 Å². The summed E-state index contributed by atoms with van der Waals surface area (Å²) in [6.45, 7) is 3.08. The Balaban J connectivity index is 2.19. The fraction of sp³-hybridized carbons (Fsp3) is 0.556. The Bertz CT molecular complexity index is 603. The molecule has 2 amide bonds. The summed E-state index contributed by atoms with van der Waals surface area (Å²) in [4.78, 5) is 28.8. The maximum Gasteiger partial charge on any atom is 0.253 e. The lowest BCUT2D eigenvalue weighted by Crippen LogP contribution is -2.47. The molecule has 0 unspecified atom stereocenters. The summed E-state index contributed by atoms with van der Waals surface area (Å²) in [6, 6.07) is 7.36. The van der Waals surface area contributed by atoms with E-state index in [9.17, 15) is 9.59 Å². The minimum atomic E-state index is -0.618. The number of hydrogen-bond acceptors (Lipinski definition) is 3. The monoisotopic (exact) mass is 396 g/mol. The summed E-state index contributed by atoms with van der Waals surface area (Å²) in [5.41, 5.74) is 0.0437. The first kappa shape index (κ1) is 18.9. The van der Waals surface area contributed by atoms with Crippen LogP contribution in [-0.2, 0) is 9.53 Å². The second-order valence-electron chi connectivity index (χ2n) is 6.68. The Morgan fingerprint density at radius 2 is 1.88 bits per heavy atom. The highest BCUT2D eigenvalue weighted by atomic mass is 79.9. The molecule has 1 aromatic carbocycles. The molecule has 2 rings (SSSR count). The van der Waals surface area contributed by atoms with Gasteiger partial charge in [0, 0.05) is 44.3 Å². The van der Waals surface area contributed by atoms with E-state index in [0.29, 0.717) is 31.5 Å². The topological polar surface area (TPSA) is 49.9 Å². The van der Waals surface area contributed by atoms with Crippen molar-refractivity contribution in [3.63, 3.8) is 0 Å². The predicted octanol–water partition coefficient (Wildman–Crippen LogP) is 2.79. The van der Waals surface area contributed by atoms with Crippen LogP contribution in [0.4, 0.5) is 0 Å². The molecule has 6 heteroatoms. The summed E-state index contributed by atoms with van der Waals surface area (Å²) >= 11 is 3.38. The molecule has 2 atom stereocenters. The minimum absolute atomic E-state index is 0.00101. The van der Waals surface area contributed by atoms with Crippen molar-refractivity contribution < 1.29 is 14.3 Å². The first-order valence-electron chi connectivity index (χ1n) is 8.09. The average molecular weight is 397 g/mol. The molecule has 0 saturated carbocycles. The Labute approximate surface area is 152 Å². The molecule has 1 fully saturated rings. The zero-order chi connectivity index (χ0) is 17.9. The van der Waals surface area contributed by atoms with Crippen LogP contribution in [0.15, 0.2) is 28.7 Å². The highest BCUT2D eigenvalue weighted by Gasteiger charge is 2.44. The van der Waals surface area contributed by atoms with Crippen molar-refractivity contribution in [2.45, 2.75) is 25.9 Å². The van der Waals surface area contributed by atoms with E-state index >= 15 is 0 Å². The Morgan fingerprint density at radius 3 is 2.42 bits per heavy atom. The summed E-state index contributed by atoms with van der Waals surface area (Å²) in [7, 11) is 5.16. The third kappa shape index (κ3) is 3.81. The number of methoxy groups -OCH3 is 1. The lowest BCUT2D eigenvalue weighted by molar-refractivity contribution is -0.147. The van der Waals surface area contributed by atoms with Gasteiger partial charge in [-0.2, -0.15) is 0 Å². The van der Waals surface area contributed by atoms with Gasteiger partial charge in [0.15, 0.2) is 0 Å². The lowest BCUT2D eigenvalue weighted by atomic mass is 9.79. The quantitative estimate of drug-likeness (QED) is 0.788. The van der Waals surface area contributed by atoms with Gasteiger partial charge in [-0.05, 0) is 44.0 Å². The second-order valence-corrected chi connectivity index (χ2v) is 7.59. The first-order chi connectivity index (χ1) is 11.3. The van der Waals surface area contributed by atoms with Crippen molar-refractivity contribution in [2.75, 3.05) is 34.3 Å². The number of halogens is 1. The lowest BCUT2D eigenvalue weighted by Gasteiger charge is -2.35. The highest BCUT2D eigenvalue weighted by Crippen LogP contribution is 2.35. The zero-order valence-electron chi connectivity index (χ0n) is 14.7. The van der Waals surface area contributed by atoms with E-state index in [1.54, 1.807) is 26.1 Å². The molecule has 0 radical (unpaired) electrons. The van der Waals surface area contributed by atoms with Crippen molar-refractivity contribution >= 4 is 27.7 Å². The molecule has 1 aliphatic rings. The van der Waals surface area contributed by atoms with Gasteiger partial charge in [-0.15, -0.1) is 0 Å². The van der Waals surface area contributed by atoms with E-state index < -0.39 is 5.41 Å². The van der Waals surface area contributed by atoms with E-state index in [0.717, 1.165) is 4.47 Å². The standard InChI is InChI=1S/C18H25BrN2O3/c1-18(17(23)20(2)3)10-12-21(11-9-15(18)24-4)16(22)13-5-7-14(19)8-6-13/h5-8,15H,9-12H2,1-4H3/t15-,18+/m1/s1. The van der Waals surface area contributed by atoms with Crippen LogP contribution >= 0.6 is 15.9 Å². The Kier molecular flexibility index (Phi) is 6.04. The normalized spacial score (nSPS) is 24.4. The van der Waals surface area contributed by atoms with Crippen LogP contribution in [0.1, 0.15) is 30.1 Å². The number of carbonyl (C=O) groups excluding carboxylic acids is 2. The van der Waals surface area contributed by atoms with Gasteiger partial charge < -0.3 is 14.5 Å². The average Bonchev–Trinajstić information content (AvgIpc) is 2.73. The summed E-state index contributed by atoms with van der Waals surface area (Å²) < 4.78 is 6.56. The molecule has 132 valence electrons. The number of likely N-dealkylation sites (tertiary alicyclic amines) is 1. The molecule has 24 heavy (non-hydrogen) atoms. The van der Waals surface area contributed by atoms with Crippen molar-refractivity contribution in [2.24, 2.45) is 5.41 Å². The van der Waals surface area contributed by atoms with Crippen LogP contribution in [0, 0.1) is 5.41 Å². The number of benzene rings is 1. The van der Waals surface area contributed by atoms with Crippen molar-refractivity contribution in [3.8, 4) is 0 Å². The van der Waals surface area contributed by atoms with Gasteiger partial charge in [-0.25, -0.2) is 0 Å². The number of nitrogens with zero attached hydrogens (tertiary/aromatic N) is 2. The van der Waals surface area contributed by atoms with Gasteiger partial charge in [-0.1, -0.05) is 15.9 Å². The van der Waals surface area contributed by atoms with E-state index in [1.807, 2.05) is 36.1 Å². The van der Waals surface area contributed by atoms with Crippen LogP contribution in [0.3, 0.4) is 0 Å². The van der Waals surface area contributed by atoms with Crippen LogP contribution in [0.25, 0.3) is 0 Å². The van der Waals surface area contributed by atoms with Gasteiger partial charge in [0.2, 0.25) is 5.91 Å². The second kappa shape index (κ2) is 7.66. The number of amides is 2. The van der Waals surface area contributed by atoms with E-state index in [2.05, 4.69) is 15.9 Å². The van der Waals surface area contributed by atoms with Crippen LogP contribution in [0.2, 0.25) is 0 Å². The van der Waals surface area contributed by atoms with Gasteiger partial charge >= 0.3 is 0 Å². The SMILES string of the molecule is CO[C@@H]1CCN(C(=O)c2ccc(Br)cc2)CC[C@]1(C)C(=O)N(C)C. The fourth-order valence-corrected chi connectivity index (χ4v) is 3.61. The molecule has 1 aromatic rings. The zero-order valence-corrected chi connectivity index (χ0v) is 16.3. The summed E-state index contributed by atoms with van der Waals surface area (Å²) in [5, 5.41) is 0. The number of ether oxygens (including phenoxy) is 1. The van der Waals surface area contributed by atoms with Gasteiger partial charge in [0.25, 0.3) is 5.91 Å². The number of carbonyl (C=O) groups is 2. The first-order valence-corrected chi connectivity index (χ1v) is 8.88. The molecule has 0 bridgehead atoms. The maximum absolute atomic E-state index is 12.7. The molecule has 0 spiro atoms. The van der Waals surface area contributed by atoms with Gasteiger partial charge in [0.05, 0.1) is 11.5 Å². The highest BCUT2D eigenvalue weighted by molar-refractivity contribution is 9.10. The Hall–Kier alpha value is -1.40. The van der Waals surface area contributed by atoms with Crippen LogP contribution in [0.5, 0.6) is 0 Å². The molecule has 0 aromatic heterocycles. The molecule has 1 aliphatic heterocycles. The van der Waals surface area contributed by atoms with Crippen LogP contribution in [-0.4, -0.2) is 62.0 Å². The van der Waals surface area contributed by atoms with Crippen molar-refractivity contribution in [1.82, 2.24) is 9.80 Å². The largest absolute Gasteiger partial charge is 0.380 e. The summed E-state index contributed by atoms with van der Waals surface area (Å²) in [5.74, 6) is 0.0474. The van der Waals surface area contributed by atoms with Crippen molar-refractivity contribution in [1.29, 1.82) is 0 Å². The van der Waals surface area contributed by atoms with E-state index in [1.165, 1.54) is 0 Å².